The van der Waals surface area contributed by atoms with E-state index in [9.17, 15) is 13.2 Å². The van der Waals surface area contributed by atoms with Crippen LogP contribution in [0.25, 0.3) is 22.0 Å². The molecule has 0 spiro atoms. The van der Waals surface area contributed by atoms with Crippen LogP contribution in [-0.4, -0.2) is 65.4 Å². The highest BCUT2D eigenvalue weighted by Crippen LogP contribution is 2.42. The molecule has 3 aromatic carbocycles. The van der Waals surface area contributed by atoms with Crippen molar-refractivity contribution in [2.24, 2.45) is 0 Å². The van der Waals surface area contributed by atoms with Gasteiger partial charge in [-0.25, -0.2) is 32.5 Å². The molecule has 1 saturated heterocycles. The summed E-state index contributed by atoms with van der Waals surface area (Å²) in [6, 6.07) is 21.3. The van der Waals surface area contributed by atoms with E-state index in [1.165, 1.54) is 10.6 Å². The van der Waals surface area contributed by atoms with Crippen LogP contribution in [0.2, 0.25) is 5.02 Å². The minimum atomic E-state index is -3.74. The lowest BCUT2D eigenvalue weighted by Gasteiger charge is -2.34. The van der Waals surface area contributed by atoms with Gasteiger partial charge >= 0.3 is 6.09 Å². The highest BCUT2D eigenvalue weighted by Gasteiger charge is 2.28. The third-order valence-corrected chi connectivity index (χ3v) is 9.43. The fraction of sp³-hybridized carbons (Fsp3) is 0.297. The zero-order valence-electron chi connectivity index (χ0n) is 28.6. The average Bonchev–Trinajstić information content (AvgIpc) is 3.06. The maximum Gasteiger partial charge on any atom is 0.410 e. The van der Waals surface area contributed by atoms with Crippen LogP contribution in [0.1, 0.15) is 39.2 Å². The number of benzene rings is 3. The van der Waals surface area contributed by atoms with Gasteiger partial charge in [0.25, 0.3) is 0 Å². The number of sulfonamides is 1. The number of piperidine rings is 1. The van der Waals surface area contributed by atoms with Crippen LogP contribution >= 0.6 is 11.6 Å². The van der Waals surface area contributed by atoms with Crippen LogP contribution in [0.4, 0.5) is 22.1 Å². The van der Waals surface area contributed by atoms with Gasteiger partial charge in [0.1, 0.15) is 11.4 Å². The lowest BCUT2D eigenvalue weighted by Crippen LogP contribution is -2.47. The van der Waals surface area contributed by atoms with Gasteiger partial charge in [-0.05, 0) is 94.6 Å². The summed E-state index contributed by atoms with van der Waals surface area (Å²) in [5.74, 6) is 1.28. The number of fused-ring (bicyclic) bond motifs is 1. The molecule has 0 bridgehead atoms. The largest absolute Gasteiger partial charge is 0.444 e. The lowest BCUT2D eigenvalue weighted by molar-refractivity contribution is 0.0206. The van der Waals surface area contributed by atoms with Gasteiger partial charge in [-0.15, -0.1) is 0 Å². The van der Waals surface area contributed by atoms with Gasteiger partial charge in [0.05, 0.1) is 28.9 Å². The molecule has 1 atom stereocenters. The van der Waals surface area contributed by atoms with Gasteiger partial charge in [0.15, 0.2) is 0 Å². The van der Waals surface area contributed by atoms with Gasteiger partial charge < -0.3 is 19.7 Å². The number of halogens is 1. The quantitative estimate of drug-likeness (QED) is 0.169. The molecule has 0 aliphatic carbocycles. The highest BCUT2D eigenvalue weighted by molar-refractivity contribution is 7.92. The van der Waals surface area contributed by atoms with Crippen LogP contribution < -0.4 is 14.4 Å². The second-order valence-corrected chi connectivity index (χ2v) is 15.5. The Labute approximate surface area is 297 Å². The second kappa shape index (κ2) is 14.1. The highest BCUT2D eigenvalue weighted by atomic mass is 35.5. The third-order valence-electron chi connectivity index (χ3n) is 8.11. The Balaban J connectivity index is 1.30. The molecule has 1 N–H and O–H groups in total. The predicted molar refractivity (Wildman–Crippen MR) is 197 cm³/mol. The number of hydrogen-bond donors (Lipinski definition) is 1. The van der Waals surface area contributed by atoms with Crippen molar-refractivity contribution in [2.75, 3.05) is 29.0 Å². The predicted octanol–water partition coefficient (Wildman–Crippen LogP) is 8.36. The lowest BCUT2D eigenvalue weighted by atomic mass is 10.0. The van der Waals surface area contributed by atoms with Crippen molar-refractivity contribution < 1.29 is 22.7 Å². The zero-order chi connectivity index (χ0) is 35.6. The fourth-order valence-corrected chi connectivity index (χ4v) is 7.08. The molecule has 1 fully saturated rings. The molecule has 0 saturated carbocycles. The summed E-state index contributed by atoms with van der Waals surface area (Å²) in [5, 5.41) is 5.28. The van der Waals surface area contributed by atoms with Crippen molar-refractivity contribution in [1.82, 2.24) is 19.9 Å². The number of amides is 1. The molecule has 1 amide bonds. The number of pyridine rings is 1. The number of nitrogens with one attached hydrogen (secondary N) is 1. The maximum atomic E-state index is 13.2. The SMILES string of the molecule is Cc1ccc2c(N(c3ccc(Cl)cc3)S(C)(=O)=O)cccc2c1Oc1ncccc1-c1ccnc(NC2CCCN(C(=O)OC(C)(C)C)C2)n1. The fourth-order valence-electron chi connectivity index (χ4n) is 5.93. The Morgan fingerprint density at radius 1 is 0.980 bits per heavy atom. The molecule has 1 unspecified atom stereocenters. The molecule has 1 aliphatic rings. The van der Waals surface area contributed by atoms with Crippen molar-refractivity contribution in [3.63, 3.8) is 0 Å². The molecule has 6 rings (SSSR count). The molecule has 0 radical (unpaired) electrons. The number of aryl methyl sites for hydroxylation is 1. The third kappa shape index (κ3) is 7.92. The molecular formula is C37H39ClN6O5S. The number of likely N-dealkylation sites (tertiary alicyclic amines) is 1. The number of aromatic nitrogens is 3. The Bertz CT molecular complexity index is 2140. The Kier molecular flexibility index (Phi) is 9.86. The van der Waals surface area contributed by atoms with Crippen LogP contribution in [0, 0.1) is 6.92 Å². The van der Waals surface area contributed by atoms with Crippen LogP contribution in [0.5, 0.6) is 11.6 Å². The summed E-state index contributed by atoms with van der Waals surface area (Å²) >= 11 is 6.11. The van der Waals surface area contributed by atoms with Gasteiger partial charge in [0.2, 0.25) is 21.9 Å². The normalized spacial score (nSPS) is 15.1. The minimum absolute atomic E-state index is 0.0527. The maximum absolute atomic E-state index is 13.2. The number of ether oxygens (including phenoxy) is 2. The van der Waals surface area contributed by atoms with E-state index < -0.39 is 15.6 Å². The van der Waals surface area contributed by atoms with Crippen LogP contribution in [0.15, 0.2) is 85.2 Å². The molecule has 5 aromatic rings. The zero-order valence-corrected chi connectivity index (χ0v) is 30.1. The number of carbonyl (C=O) groups excluding carboxylic acids is 1. The van der Waals surface area contributed by atoms with E-state index in [0.29, 0.717) is 69.1 Å². The Morgan fingerprint density at radius 2 is 1.76 bits per heavy atom. The van der Waals surface area contributed by atoms with E-state index in [4.69, 9.17) is 26.1 Å². The summed E-state index contributed by atoms with van der Waals surface area (Å²) in [6.07, 6.45) is 5.82. The van der Waals surface area contributed by atoms with Crippen molar-refractivity contribution in [3.05, 3.63) is 95.8 Å². The second-order valence-electron chi connectivity index (χ2n) is 13.2. The van der Waals surface area contributed by atoms with E-state index in [0.717, 1.165) is 18.4 Å². The summed E-state index contributed by atoms with van der Waals surface area (Å²) in [5.41, 5.74) is 2.43. The number of anilines is 3. The summed E-state index contributed by atoms with van der Waals surface area (Å²) in [7, 11) is -3.74. The van der Waals surface area contributed by atoms with Crippen LogP contribution in [0.3, 0.4) is 0 Å². The number of rotatable bonds is 8. The first-order valence-electron chi connectivity index (χ1n) is 16.3. The standard InChI is InChI=1S/C37H39ClN6O5S/c1-24-13-18-28-29(10-6-12-32(28)44(50(5,46)47)27-16-14-25(38)15-17-27)33(24)48-34-30(11-7-20-39-34)31-19-21-40-35(42-31)41-26-9-8-22-43(23-26)36(45)49-37(2,3)4/h6-7,10-21,26H,8-9,22-23H2,1-5H3,(H,40,41,42). The number of carbonyl (C=O) groups is 1. The topological polar surface area (TPSA) is 127 Å². The van der Waals surface area contributed by atoms with Gasteiger partial charge in [-0.3, -0.25) is 0 Å². The van der Waals surface area contributed by atoms with Crippen molar-refractivity contribution in [2.45, 2.75) is 52.2 Å². The molecule has 3 heterocycles. The molecule has 2 aromatic heterocycles. The first-order valence-corrected chi connectivity index (χ1v) is 18.5. The van der Waals surface area contributed by atoms with E-state index in [1.54, 1.807) is 65.8 Å². The summed E-state index contributed by atoms with van der Waals surface area (Å²) in [6.45, 7) is 8.60. The monoisotopic (exact) mass is 714 g/mol. The Morgan fingerprint density at radius 3 is 2.50 bits per heavy atom. The van der Waals surface area contributed by atoms with Gasteiger partial charge in [-0.2, -0.15) is 0 Å². The van der Waals surface area contributed by atoms with E-state index >= 15 is 0 Å². The molecule has 260 valence electrons. The first kappa shape index (κ1) is 34.9. The molecule has 11 nitrogen and oxygen atoms in total. The average molecular weight is 715 g/mol. The molecular weight excluding hydrogens is 676 g/mol. The Hall–Kier alpha value is -4.94. The smallest absolute Gasteiger partial charge is 0.410 e. The van der Waals surface area contributed by atoms with Gasteiger partial charge in [0, 0.05) is 47.3 Å². The molecule has 50 heavy (non-hydrogen) atoms. The number of hydrogen-bond acceptors (Lipinski definition) is 9. The van der Waals surface area contributed by atoms with Crippen molar-refractivity contribution in [3.8, 4) is 22.9 Å². The summed E-state index contributed by atoms with van der Waals surface area (Å²) < 4.78 is 39.8. The van der Waals surface area contributed by atoms with Gasteiger partial charge in [-0.1, -0.05) is 35.9 Å². The minimum Gasteiger partial charge on any atom is -0.444 e. The van der Waals surface area contributed by atoms with E-state index in [1.807, 2.05) is 52.0 Å². The van der Waals surface area contributed by atoms with Crippen molar-refractivity contribution >= 4 is 55.8 Å². The molecule has 13 heteroatoms. The molecule has 1 aliphatic heterocycles. The first-order chi connectivity index (χ1) is 23.8. The van der Waals surface area contributed by atoms with E-state index in [-0.39, 0.29) is 12.1 Å². The van der Waals surface area contributed by atoms with Crippen LogP contribution in [-0.2, 0) is 14.8 Å². The van der Waals surface area contributed by atoms with E-state index in [2.05, 4.69) is 15.3 Å². The van der Waals surface area contributed by atoms with Crippen molar-refractivity contribution in [1.29, 1.82) is 0 Å². The summed E-state index contributed by atoms with van der Waals surface area (Å²) in [4.78, 5) is 28.2. The number of nitrogens with zero attached hydrogens (tertiary/aromatic N) is 5.